The van der Waals surface area contributed by atoms with Gasteiger partial charge in [-0.15, -0.1) is 0 Å². The topological polar surface area (TPSA) is 16.4 Å². The molecule has 0 radical (unpaired) electrons. The minimum absolute atomic E-state index is 0.883. The van der Waals surface area contributed by atoms with Gasteiger partial charge in [-0.05, 0) is 70.1 Å². The van der Waals surface area contributed by atoms with Crippen molar-refractivity contribution in [3.05, 3.63) is 164 Å². The first-order chi connectivity index (χ1) is 20.8. The maximum Gasteiger partial charge on any atom is 0.143 e. The lowest BCUT2D eigenvalue weighted by molar-refractivity contribution is 0.672. The predicted molar refractivity (Wildman–Crippen MR) is 177 cm³/mol. The molecule has 2 heteroatoms. The molecule has 0 bridgehead atoms. The Hall–Kier alpha value is -5.60. The highest BCUT2D eigenvalue weighted by Crippen LogP contribution is 2.41. The third-order valence-corrected chi connectivity index (χ3v) is 8.07. The van der Waals surface area contributed by atoms with Gasteiger partial charge < -0.3 is 9.32 Å². The number of anilines is 3. The molecule has 0 atom stereocenters. The van der Waals surface area contributed by atoms with Crippen LogP contribution >= 0.6 is 0 Å². The highest BCUT2D eigenvalue weighted by Gasteiger charge is 2.17. The number of para-hydroxylation sites is 1. The third-order valence-electron chi connectivity index (χ3n) is 8.07. The minimum atomic E-state index is 0.883. The average Bonchev–Trinajstić information content (AvgIpc) is 3.45. The van der Waals surface area contributed by atoms with Crippen LogP contribution in [0.2, 0.25) is 0 Å². The van der Waals surface area contributed by atoms with Crippen molar-refractivity contribution in [1.29, 1.82) is 0 Å². The largest absolute Gasteiger partial charge is 0.455 e. The number of nitrogens with zero attached hydrogens (tertiary/aromatic N) is 1. The molecule has 0 fully saturated rings. The van der Waals surface area contributed by atoms with Crippen molar-refractivity contribution >= 4 is 49.8 Å². The molecule has 0 unspecified atom stereocenters. The fraction of sp³-hybridized carbons (Fsp3) is 0. The molecule has 1 heterocycles. The van der Waals surface area contributed by atoms with E-state index in [4.69, 9.17) is 4.42 Å². The molecule has 8 aromatic rings. The first-order valence-electron chi connectivity index (χ1n) is 14.3. The van der Waals surface area contributed by atoms with E-state index in [0.717, 1.165) is 44.4 Å². The Morgan fingerprint density at radius 2 is 0.952 bits per heavy atom. The summed E-state index contributed by atoms with van der Waals surface area (Å²) in [6.45, 7) is 0. The maximum absolute atomic E-state index is 6.53. The Bertz CT molecular complexity index is 2180. The van der Waals surface area contributed by atoms with Crippen molar-refractivity contribution in [3.8, 4) is 22.3 Å². The molecule has 42 heavy (non-hydrogen) atoms. The average molecular weight is 538 g/mol. The van der Waals surface area contributed by atoms with Crippen LogP contribution in [0.4, 0.5) is 17.1 Å². The van der Waals surface area contributed by atoms with Crippen LogP contribution in [0, 0.1) is 0 Å². The summed E-state index contributed by atoms with van der Waals surface area (Å²) < 4.78 is 6.53. The van der Waals surface area contributed by atoms with Gasteiger partial charge in [-0.1, -0.05) is 115 Å². The number of benzene rings is 7. The molecule has 0 amide bonds. The van der Waals surface area contributed by atoms with E-state index < -0.39 is 0 Å². The summed E-state index contributed by atoms with van der Waals surface area (Å²) in [6, 6.07) is 57.9. The molecular weight excluding hydrogens is 510 g/mol. The van der Waals surface area contributed by atoms with Gasteiger partial charge in [0.2, 0.25) is 0 Å². The molecule has 0 spiro atoms. The molecule has 198 valence electrons. The summed E-state index contributed by atoms with van der Waals surface area (Å²) in [5.74, 6) is 0. The van der Waals surface area contributed by atoms with Gasteiger partial charge in [-0.25, -0.2) is 0 Å². The Morgan fingerprint density at radius 3 is 1.71 bits per heavy atom. The Kier molecular flexibility index (Phi) is 5.82. The van der Waals surface area contributed by atoms with Gasteiger partial charge >= 0.3 is 0 Å². The molecular formula is C40H27NO. The van der Waals surface area contributed by atoms with Crippen LogP contribution < -0.4 is 4.90 Å². The number of hydrogen-bond donors (Lipinski definition) is 0. The molecule has 0 saturated heterocycles. The first-order valence-corrected chi connectivity index (χ1v) is 14.3. The van der Waals surface area contributed by atoms with Crippen LogP contribution in [0.3, 0.4) is 0 Å². The monoisotopic (exact) mass is 537 g/mol. The zero-order valence-electron chi connectivity index (χ0n) is 22.9. The van der Waals surface area contributed by atoms with Crippen molar-refractivity contribution in [2.24, 2.45) is 0 Å². The third kappa shape index (κ3) is 4.13. The summed E-state index contributed by atoms with van der Waals surface area (Å²) in [4.78, 5) is 2.29. The normalized spacial score (nSPS) is 11.3. The maximum atomic E-state index is 6.53. The van der Waals surface area contributed by atoms with E-state index in [1.165, 1.54) is 27.6 Å². The lowest BCUT2D eigenvalue weighted by Gasteiger charge is -2.25. The summed E-state index contributed by atoms with van der Waals surface area (Å²) in [5, 5.41) is 4.59. The summed E-state index contributed by atoms with van der Waals surface area (Å²) in [6.07, 6.45) is 0. The van der Waals surface area contributed by atoms with Gasteiger partial charge in [0.05, 0.1) is 0 Å². The molecule has 0 saturated carbocycles. The smallest absolute Gasteiger partial charge is 0.143 e. The van der Waals surface area contributed by atoms with Gasteiger partial charge in [0.15, 0.2) is 0 Å². The molecule has 2 nitrogen and oxygen atoms in total. The van der Waals surface area contributed by atoms with Crippen LogP contribution in [0.5, 0.6) is 0 Å². The van der Waals surface area contributed by atoms with Crippen LogP contribution in [0.1, 0.15) is 0 Å². The lowest BCUT2D eigenvalue weighted by Crippen LogP contribution is -2.09. The van der Waals surface area contributed by atoms with Crippen molar-refractivity contribution in [3.63, 3.8) is 0 Å². The van der Waals surface area contributed by atoms with Crippen molar-refractivity contribution in [1.82, 2.24) is 0 Å². The SMILES string of the molecule is c1ccc(-c2ccccc2-c2ccc(N(c3ccccc3)c3ccc4c(c3)oc3c5ccccc5ccc43)cc2)cc1. The second-order valence-corrected chi connectivity index (χ2v) is 10.6. The predicted octanol–water partition coefficient (Wildman–Crippen LogP) is 11.5. The molecule has 0 aliphatic rings. The number of fused-ring (bicyclic) bond motifs is 5. The van der Waals surface area contributed by atoms with E-state index >= 15 is 0 Å². The van der Waals surface area contributed by atoms with Crippen molar-refractivity contribution in [2.75, 3.05) is 4.90 Å². The van der Waals surface area contributed by atoms with E-state index in [1.54, 1.807) is 0 Å². The van der Waals surface area contributed by atoms with Gasteiger partial charge in [0.25, 0.3) is 0 Å². The standard InChI is InChI=1S/C40H27NO/c1-3-11-28(12-4-1)34-16-9-10-17-35(34)30-19-22-32(23-20-30)41(31-14-5-2-6-15-31)33-24-26-37-38-25-21-29-13-7-8-18-36(29)40(38)42-39(37)27-33/h1-27H. The van der Waals surface area contributed by atoms with E-state index in [1.807, 2.05) is 0 Å². The number of hydrogen-bond acceptors (Lipinski definition) is 2. The molecule has 7 aromatic carbocycles. The lowest BCUT2D eigenvalue weighted by atomic mass is 9.94. The summed E-state index contributed by atoms with van der Waals surface area (Å²) in [5.41, 5.74) is 9.90. The van der Waals surface area contributed by atoms with E-state index in [0.29, 0.717) is 0 Å². The van der Waals surface area contributed by atoms with Crippen molar-refractivity contribution in [2.45, 2.75) is 0 Å². The van der Waals surface area contributed by atoms with Gasteiger partial charge in [-0.2, -0.15) is 0 Å². The van der Waals surface area contributed by atoms with E-state index in [-0.39, 0.29) is 0 Å². The number of furan rings is 1. The first kappa shape index (κ1) is 24.2. The second kappa shape index (κ2) is 10.1. The molecule has 1 aromatic heterocycles. The summed E-state index contributed by atoms with van der Waals surface area (Å²) >= 11 is 0. The molecule has 0 aliphatic heterocycles. The molecule has 8 rings (SSSR count). The highest BCUT2D eigenvalue weighted by molar-refractivity contribution is 6.15. The summed E-state index contributed by atoms with van der Waals surface area (Å²) in [7, 11) is 0. The van der Waals surface area contributed by atoms with Crippen LogP contribution in [0.25, 0.3) is 55.0 Å². The highest BCUT2D eigenvalue weighted by atomic mass is 16.3. The van der Waals surface area contributed by atoms with Crippen molar-refractivity contribution < 1.29 is 4.42 Å². The Labute approximate surface area is 244 Å². The Balaban J connectivity index is 1.24. The fourth-order valence-electron chi connectivity index (χ4n) is 6.05. The Morgan fingerprint density at radius 1 is 0.381 bits per heavy atom. The fourth-order valence-corrected chi connectivity index (χ4v) is 6.05. The quantitative estimate of drug-likeness (QED) is 0.217. The van der Waals surface area contributed by atoms with Crippen LogP contribution in [-0.2, 0) is 0 Å². The molecule has 0 N–H and O–H groups in total. The van der Waals surface area contributed by atoms with Crippen LogP contribution in [0.15, 0.2) is 168 Å². The van der Waals surface area contributed by atoms with Gasteiger partial charge in [0.1, 0.15) is 11.2 Å². The number of rotatable bonds is 5. The molecule has 0 aliphatic carbocycles. The van der Waals surface area contributed by atoms with Crippen LogP contribution in [-0.4, -0.2) is 0 Å². The van der Waals surface area contributed by atoms with Gasteiger partial charge in [0, 0.05) is 39.3 Å². The van der Waals surface area contributed by atoms with E-state index in [2.05, 4.69) is 169 Å². The van der Waals surface area contributed by atoms with E-state index in [9.17, 15) is 0 Å². The zero-order chi connectivity index (χ0) is 27.9. The van der Waals surface area contributed by atoms with Gasteiger partial charge in [-0.3, -0.25) is 0 Å². The second-order valence-electron chi connectivity index (χ2n) is 10.6. The zero-order valence-corrected chi connectivity index (χ0v) is 22.9. The minimum Gasteiger partial charge on any atom is -0.455 e.